The molecule has 1 aromatic rings. The number of hydrogen-bond acceptors (Lipinski definition) is 3. The second-order valence-corrected chi connectivity index (χ2v) is 4.25. The fourth-order valence-electron chi connectivity index (χ4n) is 1.51. The quantitative estimate of drug-likeness (QED) is 0.732. The second-order valence-electron chi connectivity index (χ2n) is 4.25. The maximum Gasteiger partial charge on any atom is 0.260 e. The van der Waals surface area contributed by atoms with Gasteiger partial charge in [-0.15, -0.1) is 0 Å². The number of ether oxygens (including phenoxy) is 1. The van der Waals surface area contributed by atoms with E-state index in [1.54, 1.807) is 19.1 Å². The van der Waals surface area contributed by atoms with Gasteiger partial charge in [-0.25, -0.2) is 0 Å². The first-order valence-corrected chi connectivity index (χ1v) is 6.37. The lowest BCUT2D eigenvalue weighted by Crippen LogP contribution is -2.36. The van der Waals surface area contributed by atoms with E-state index in [-0.39, 0.29) is 11.7 Å². The molecule has 0 aliphatic heterocycles. The number of nitrogens with one attached hydrogen (secondary N) is 1. The van der Waals surface area contributed by atoms with Gasteiger partial charge in [0.05, 0.1) is 0 Å². The molecule has 0 aliphatic rings. The summed E-state index contributed by atoms with van der Waals surface area (Å²) in [5.74, 6) is 0.641. The number of phenols is 1. The Morgan fingerprint density at radius 2 is 2.00 bits per heavy atom. The van der Waals surface area contributed by atoms with E-state index in [0.29, 0.717) is 12.3 Å². The molecule has 0 heterocycles. The molecular weight excluding hydrogens is 230 g/mol. The largest absolute Gasteiger partial charge is 0.508 e. The molecule has 4 nitrogen and oxygen atoms in total. The lowest BCUT2D eigenvalue weighted by molar-refractivity contribution is -0.127. The van der Waals surface area contributed by atoms with Crippen LogP contribution in [-0.2, 0) is 4.79 Å². The number of carbonyl (C=O) groups is 1. The van der Waals surface area contributed by atoms with E-state index in [2.05, 4.69) is 12.2 Å². The number of phenolic OH excluding ortho intramolecular Hbond substituents is 1. The SMILES string of the molecule is CCCCCNC(=O)C(C)Oc1ccc(O)cc1. The number of aromatic hydroxyl groups is 1. The minimum absolute atomic E-state index is 0.112. The van der Waals surface area contributed by atoms with Crippen LogP contribution in [0.4, 0.5) is 0 Å². The zero-order valence-corrected chi connectivity index (χ0v) is 11.0. The smallest absolute Gasteiger partial charge is 0.260 e. The first kappa shape index (κ1) is 14.4. The Morgan fingerprint density at radius 3 is 2.61 bits per heavy atom. The van der Waals surface area contributed by atoms with Gasteiger partial charge in [0, 0.05) is 6.54 Å². The van der Waals surface area contributed by atoms with Crippen molar-refractivity contribution < 1.29 is 14.6 Å². The molecule has 1 rings (SSSR count). The Hall–Kier alpha value is -1.71. The molecule has 4 heteroatoms. The molecule has 0 saturated heterocycles. The van der Waals surface area contributed by atoms with Crippen LogP contribution in [0.2, 0.25) is 0 Å². The summed E-state index contributed by atoms with van der Waals surface area (Å²) in [4.78, 5) is 11.7. The Kier molecular flexibility index (Phi) is 6.05. The van der Waals surface area contributed by atoms with E-state index < -0.39 is 6.10 Å². The molecule has 0 bridgehead atoms. The molecule has 1 amide bonds. The van der Waals surface area contributed by atoms with Crippen LogP contribution in [0.3, 0.4) is 0 Å². The van der Waals surface area contributed by atoms with E-state index in [1.165, 1.54) is 12.1 Å². The lowest BCUT2D eigenvalue weighted by Gasteiger charge is -2.14. The van der Waals surface area contributed by atoms with Gasteiger partial charge in [-0.3, -0.25) is 4.79 Å². The topological polar surface area (TPSA) is 58.6 Å². The van der Waals surface area contributed by atoms with E-state index in [0.717, 1.165) is 19.3 Å². The van der Waals surface area contributed by atoms with Crippen molar-refractivity contribution in [2.75, 3.05) is 6.54 Å². The summed E-state index contributed by atoms with van der Waals surface area (Å²) in [5, 5.41) is 12.0. The molecule has 0 fully saturated rings. The van der Waals surface area contributed by atoms with Gasteiger partial charge in [0.25, 0.3) is 5.91 Å². The third-order valence-electron chi connectivity index (χ3n) is 2.60. The summed E-state index contributed by atoms with van der Waals surface area (Å²) in [5.41, 5.74) is 0. The highest BCUT2D eigenvalue weighted by molar-refractivity contribution is 5.80. The van der Waals surface area contributed by atoms with Crippen LogP contribution >= 0.6 is 0 Å². The van der Waals surface area contributed by atoms with E-state index in [4.69, 9.17) is 9.84 Å². The fraction of sp³-hybridized carbons (Fsp3) is 0.500. The molecule has 1 atom stereocenters. The molecule has 0 spiro atoms. The predicted octanol–water partition coefficient (Wildman–Crippen LogP) is 2.47. The molecule has 1 unspecified atom stereocenters. The van der Waals surface area contributed by atoms with Crippen molar-refractivity contribution in [2.45, 2.75) is 39.2 Å². The first-order valence-electron chi connectivity index (χ1n) is 6.37. The lowest BCUT2D eigenvalue weighted by atomic mass is 10.2. The van der Waals surface area contributed by atoms with Crippen molar-refractivity contribution in [3.63, 3.8) is 0 Å². The summed E-state index contributed by atoms with van der Waals surface area (Å²) in [6.07, 6.45) is 2.72. The standard InChI is InChI=1S/C14H21NO3/c1-3-4-5-10-15-14(17)11(2)18-13-8-6-12(16)7-9-13/h6-9,11,16H,3-5,10H2,1-2H3,(H,15,17). The highest BCUT2D eigenvalue weighted by atomic mass is 16.5. The maximum absolute atomic E-state index is 11.7. The number of unbranched alkanes of at least 4 members (excludes halogenated alkanes) is 2. The van der Waals surface area contributed by atoms with Crippen LogP contribution in [0.5, 0.6) is 11.5 Å². The number of carbonyl (C=O) groups excluding carboxylic acids is 1. The van der Waals surface area contributed by atoms with Gasteiger partial charge in [0.15, 0.2) is 6.10 Å². The van der Waals surface area contributed by atoms with Crippen LogP contribution in [0.25, 0.3) is 0 Å². The average molecular weight is 251 g/mol. The molecule has 0 radical (unpaired) electrons. The molecule has 18 heavy (non-hydrogen) atoms. The zero-order chi connectivity index (χ0) is 13.4. The Bertz CT molecular complexity index is 362. The molecular formula is C14H21NO3. The minimum Gasteiger partial charge on any atom is -0.508 e. The van der Waals surface area contributed by atoms with Crippen LogP contribution < -0.4 is 10.1 Å². The van der Waals surface area contributed by atoms with Gasteiger partial charge < -0.3 is 15.2 Å². The van der Waals surface area contributed by atoms with Crippen molar-refractivity contribution in [1.82, 2.24) is 5.32 Å². The van der Waals surface area contributed by atoms with Gasteiger partial charge in [-0.05, 0) is 37.6 Å². The fourth-order valence-corrected chi connectivity index (χ4v) is 1.51. The third kappa shape index (κ3) is 5.08. The summed E-state index contributed by atoms with van der Waals surface area (Å²) < 4.78 is 5.46. The zero-order valence-electron chi connectivity index (χ0n) is 11.0. The van der Waals surface area contributed by atoms with Gasteiger partial charge in [-0.1, -0.05) is 19.8 Å². The van der Waals surface area contributed by atoms with E-state index in [1.807, 2.05) is 0 Å². The van der Waals surface area contributed by atoms with Crippen LogP contribution in [0, 0.1) is 0 Å². The summed E-state index contributed by atoms with van der Waals surface area (Å²) >= 11 is 0. The van der Waals surface area contributed by atoms with Crippen molar-refractivity contribution in [1.29, 1.82) is 0 Å². The summed E-state index contributed by atoms with van der Waals surface area (Å²) in [6, 6.07) is 6.33. The minimum atomic E-state index is -0.531. The first-order chi connectivity index (χ1) is 8.63. The number of benzene rings is 1. The van der Waals surface area contributed by atoms with Gasteiger partial charge in [0.2, 0.25) is 0 Å². The second kappa shape index (κ2) is 7.58. The van der Waals surface area contributed by atoms with Gasteiger partial charge in [-0.2, -0.15) is 0 Å². The summed E-state index contributed by atoms with van der Waals surface area (Å²) in [6.45, 7) is 4.52. The van der Waals surface area contributed by atoms with Crippen LogP contribution in [0.15, 0.2) is 24.3 Å². The van der Waals surface area contributed by atoms with Crippen molar-refractivity contribution >= 4 is 5.91 Å². The molecule has 100 valence electrons. The van der Waals surface area contributed by atoms with Crippen LogP contribution in [0.1, 0.15) is 33.1 Å². The molecule has 0 aliphatic carbocycles. The molecule has 0 saturated carbocycles. The van der Waals surface area contributed by atoms with E-state index >= 15 is 0 Å². The number of rotatable bonds is 7. The van der Waals surface area contributed by atoms with Gasteiger partial charge >= 0.3 is 0 Å². The molecule has 0 aromatic heterocycles. The Morgan fingerprint density at radius 1 is 1.33 bits per heavy atom. The number of amides is 1. The van der Waals surface area contributed by atoms with Crippen molar-refractivity contribution in [2.24, 2.45) is 0 Å². The average Bonchev–Trinajstić information content (AvgIpc) is 2.37. The van der Waals surface area contributed by atoms with Crippen LogP contribution in [-0.4, -0.2) is 23.7 Å². The van der Waals surface area contributed by atoms with Crippen molar-refractivity contribution in [3.05, 3.63) is 24.3 Å². The van der Waals surface area contributed by atoms with Crippen molar-refractivity contribution in [3.8, 4) is 11.5 Å². The summed E-state index contributed by atoms with van der Waals surface area (Å²) in [7, 11) is 0. The Labute approximate surface area is 108 Å². The molecule has 1 aromatic carbocycles. The third-order valence-corrected chi connectivity index (χ3v) is 2.60. The Balaban J connectivity index is 2.33. The monoisotopic (exact) mass is 251 g/mol. The van der Waals surface area contributed by atoms with Gasteiger partial charge in [0.1, 0.15) is 11.5 Å². The normalized spacial score (nSPS) is 11.9. The highest BCUT2D eigenvalue weighted by Gasteiger charge is 2.13. The van der Waals surface area contributed by atoms with E-state index in [9.17, 15) is 4.79 Å². The predicted molar refractivity (Wildman–Crippen MR) is 70.7 cm³/mol. The molecule has 2 N–H and O–H groups in total. The number of hydrogen-bond donors (Lipinski definition) is 2. The highest BCUT2D eigenvalue weighted by Crippen LogP contribution is 2.17. The maximum atomic E-state index is 11.7.